The first-order valence-electron chi connectivity index (χ1n) is 7.10. The van der Waals surface area contributed by atoms with Crippen LogP contribution in [0.1, 0.15) is 39.5 Å². The van der Waals surface area contributed by atoms with Crippen molar-refractivity contribution in [2.45, 2.75) is 45.6 Å². The number of amides is 1. The van der Waals surface area contributed by atoms with Gasteiger partial charge in [0.1, 0.15) is 0 Å². The van der Waals surface area contributed by atoms with E-state index in [4.69, 9.17) is 10.5 Å². The number of hydrogen-bond donors (Lipinski definition) is 1. The third kappa shape index (κ3) is 4.33. The molecule has 0 bridgehead atoms. The van der Waals surface area contributed by atoms with Gasteiger partial charge in [0.2, 0.25) is 5.91 Å². The predicted octanol–water partition coefficient (Wildman–Crippen LogP) is 1.81. The highest BCUT2D eigenvalue weighted by Gasteiger charge is 2.35. The highest BCUT2D eigenvalue weighted by molar-refractivity contribution is 5.85. The molecular weight excluding hydrogens is 264 g/mol. The molecule has 1 amide bonds. The normalized spacial score (nSPS) is 29.9. The van der Waals surface area contributed by atoms with Crippen molar-refractivity contribution in [1.29, 1.82) is 0 Å². The monoisotopic (exact) mass is 290 g/mol. The molecule has 2 aliphatic heterocycles. The molecule has 2 rings (SSSR count). The van der Waals surface area contributed by atoms with E-state index >= 15 is 0 Å². The van der Waals surface area contributed by atoms with Gasteiger partial charge in [-0.05, 0) is 30.6 Å². The Balaban J connectivity index is 0.00000180. The molecule has 2 fully saturated rings. The molecule has 0 aliphatic carbocycles. The average molecular weight is 291 g/mol. The molecule has 0 aromatic carbocycles. The second-order valence-corrected chi connectivity index (χ2v) is 6.47. The molecule has 2 aliphatic rings. The number of hydrogen-bond acceptors (Lipinski definition) is 3. The summed E-state index contributed by atoms with van der Waals surface area (Å²) >= 11 is 0. The highest BCUT2D eigenvalue weighted by Crippen LogP contribution is 2.28. The smallest absolute Gasteiger partial charge is 0.222 e. The molecular formula is C14H27ClN2O2. The van der Waals surface area contributed by atoms with E-state index in [2.05, 4.69) is 13.8 Å². The maximum absolute atomic E-state index is 12.2. The van der Waals surface area contributed by atoms with Crippen LogP contribution in [0, 0.1) is 11.3 Å². The number of nitrogens with two attached hydrogens (primary N) is 1. The number of carbonyl (C=O) groups is 1. The number of nitrogens with zero attached hydrogens (tertiary/aromatic N) is 1. The first-order valence-corrected chi connectivity index (χ1v) is 7.10. The Labute approximate surface area is 122 Å². The van der Waals surface area contributed by atoms with Gasteiger partial charge in [-0.15, -0.1) is 12.4 Å². The van der Waals surface area contributed by atoms with Gasteiger partial charge in [0.25, 0.3) is 0 Å². The minimum Gasteiger partial charge on any atom is -0.381 e. The van der Waals surface area contributed by atoms with Crippen molar-refractivity contribution in [1.82, 2.24) is 4.90 Å². The second-order valence-electron chi connectivity index (χ2n) is 6.47. The van der Waals surface area contributed by atoms with Gasteiger partial charge < -0.3 is 15.4 Å². The minimum atomic E-state index is 0. The van der Waals surface area contributed by atoms with Gasteiger partial charge in [0.15, 0.2) is 0 Å². The average Bonchev–Trinajstić information content (AvgIpc) is 2.82. The van der Waals surface area contributed by atoms with Crippen LogP contribution in [0.25, 0.3) is 0 Å². The third-order valence-electron chi connectivity index (χ3n) is 4.46. The van der Waals surface area contributed by atoms with E-state index in [0.29, 0.717) is 18.2 Å². The van der Waals surface area contributed by atoms with Crippen molar-refractivity contribution in [2.75, 3.05) is 26.3 Å². The Bertz CT molecular complexity index is 304. The van der Waals surface area contributed by atoms with E-state index in [1.54, 1.807) is 0 Å². The zero-order chi connectivity index (χ0) is 13.2. The number of piperidine rings is 1. The summed E-state index contributed by atoms with van der Waals surface area (Å²) in [7, 11) is 0. The Morgan fingerprint density at radius 3 is 2.74 bits per heavy atom. The maximum atomic E-state index is 12.2. The SMILES string of the molecule is CC1(C)CN(C(=O)CCC2CCOC2)CCC1N.Cl. The second kappa shape index (κ2) is 6.91. The molecule has 0 aromatic heterocycles. The Morgan fingerprint density at radius 1 is 1.42 bits per heavy atom. The predicted molar refractivity (Wildman–Crippen MR) is 78.4 cm³/mol. The zero-order valence-corrected chi connectivity index (χ0v) is 12.9. The summed E-state index contributed by atoms with van der Waals surface area (Å²) in [6.45, 7) is 7.64. The topological polar surface area (TPSA) is 55.6 Å². The van der Waals surface area contributed by atoms with E-state index in [1.165, 1.54) is 0 Å². The van der Waals surface area contributed by atoms with Crippen molar-refractivity contribution in [3.05, 3.63) is 0 Å². The quantitative estimate of drug-likeness (QED) is 0.862. The molecule has 0 radical (unpaired) electrons. The Kier molecular flexibility index (Phi) is 6.09. The van der Waals surface area contributed by atoms with Crippen LogP contribution < -0.4 is 5.73 Å². The summed E-state index contributed by atoms with van der Waals surface area (Å²) in [5, 5.41) is 0. The van der Waals surface area contributed by atoms with Crippen LogP contribution in [0.5, 0.6) is 0 Å². The molecule has 0 aromatic rings. The first-order chi connectivity index (χ1) is 8.49. The van der Waals surface area contributed by atoms with Gasteiger partial charge in [0.05, 0.1) is 0 Å². The summed E-state index contributed by atoms with van der Waals surface area (Å²) in [5.74, 6) is 0.885. The molecule has 2 heterocycles. The summed E-state index contributed by atoms with van der Waals surface area (Å²) in [5.41, 5.74) is 6.14. The van der Waals surface area contributed by atoms with Gasteiger partial charge >= 0.3 is 0 Å². The molecule has 4 nitrogen and oxygen atoms in total. The van der Waals surface area contributed by atoms with E-state index in [1.807, 2.05) is 4.90 Å². The van der Waals surface area contributed by atoms with Crippen LogP contribution in [0.15, 0.2) is 0 Å². The Hall–Kier alpha value is -0.320. The maximum Gasteiger partial charge on any atom is 0.222 e. The molecule has 5 heteroatoms. The fraction of sp³-hybridized carbons (Fsp3) is 0.929. The summed E-state index contributed by atoms with van der Waals surface area (Å²) in [4.78, 5) is 14.2. The standard InChI is InChI=1S/C14H26N2O2.ClH/c1-14(2)10-16(7-5-12(14)15)13(17)4-3-11-6-8-18-9-11;/h11-12H,3-10,15H2,1-2H3;1H. The van der Waals surface area contributed by atoms with Crippen molar-refractivity contribution in [3.63, 3.8) is 0 Å². The van der Waals surface area contributed by atoms with Crippen LogP contribution in [0.3, 0.4) is 0 Å². The van der Waals surface area contributed by atoms with Crippen molar-refractivity contribution in [2.24, 2.45) is 17.1 Å². The lowest BCUT2D eigenvalue weighted by atomic mass is 9.79. The third-order valence-corrected chi connectivity index (χ3v) is 4.46. The van der Waals surface area contributed by atoms with E-state index in [9.17, 15) is 4.79 Å². The first kappa shape index (κ1) is 16.7. The van der Waals surface area contributed by atoms with Gasteiger partial charge in [-0.25, -0.2) is 0 Å². The van der Waals surface area contributed by atoms with Gasteiger partial charge in [-0.2, -0.15) is 0 Å². The van der Waals surface area contributed by atoms with E-state index in [0.717, 1.165) is 45.6 Å². The summed E-state index contributed by atoms with van der Waals surface area (Å²) < 4.78 is 5.34. The largest absolute Gasteiger partial charge is 0.381 e. The molecule has 0 spiro atoms. The molecule has 19 heavy (non-hydrogen) atoms. The van der Waals surface area contributed by atoms with Crippen LogP contribution in [0.2, 0.25) is 0 Å². The lowest BCUT2D eigenvalue weighted by Gasteiger charge is -2.42. The summed E-state index contributed by atoms with van der Waals surface area (Å²) in [6, 6.07) is 0.213. The molecule has 2 saturated heterocycles. The Morgan fingerprint density at radius 2 is 2.16 bits per heavy atom. The van der Waals surface area contributed by atoms with Gasteiger partial charge in [-0.1, -0.05) is 13.8 Å². The van der Waals surface area contributed by atoms with Gasteiger partial charge in [-0.3, -0.25) is 4.79 Å². The van der Waals surface area contributed by atoms with Crippen LogP contribution >= 0.6 is 12.4 Å². The number of carbonyl (C=O) groups excluding carboxylic acids is 1. The van der Waals surface area contributed by atoms with Crippen molar-refractivity contribution >= 4 is 18.3 Å². The number of halogens is 1. The van der Waals surface area contributed by atoms with Crippen molar-refractivity contribution < 1.29 is 9.53 Å². The summed E-state index contributed by atoms with van der Waals surface area (Å²) in [6.07, 6.45) is 3.68. The van der Waals surface area contributed by atoms with Crippen LogP contribution in [-0.4, -0.2) is 43.2 Å². The van der Waals surface area contributed by atoms with Crippen molar-refractivity contribution in [3.8, 4) is 0 Å². The lowest BCUT2D eigenvalue weighted by molar-refractivity contribution is -0.134. The van der Waals surface area contributed by atoms with E-state index < -0.39 is 0 Å². The fourth-order valence-corrected chi connectivity index (χ4v) is 2.88. The number of likely N-dealkylation sites (tertiary alicyclic amines) is 1. The molecule has 2 unspecified atom stereocenters. The van der Waals surface area contributed by atoms with Gasteiger partial charge in [0, 0.05) is 38.8 Å². The zero-order valence-electron chi connectivity index (χ0n) is 12.1. The molecule has 112 valence electrons. The fourth-order valence-electron chi connectivity index (χ4n) is 2.88. The molecule has 2 N–H and O–H groups in total. The highest BCUT2D eigenvalue weighted by atomic mass is 35.5. The van der Waals surface area contributed by atoms with Crippen LogP contribution in [-0.2, 0) is 9.53 Å². The molecule has 2 atom stereocenters. The van der Waals surface area contributed by atoms with Crippen LogP contribution in [0.4, 0.5) is 0 Å². The minimum absolute atomic E-state index is 0. The lowest BCUT2D eigenvalue weighted by Crippen LogP contribution is -2.54. The molecule has 0 saturated carbocycles. The number of rotatable bonds is 3. The number of ether oxygens (including phenoxy) is 1. The van der Waals surface area contributed by atoms with E-state index in [-0.39, 0.29) is 23.9 Å².